The number of carbonyl (C=O) groups excluding carboxylic acids is 1. The van der Waals surface area contributed by atoms with Gasteiger partial charge in [0.25, 0.3) is 5.91 Å². The molecule has 1 amide bonds. The van der Waals surface area contributed by atoms with Crippen LogP contribution in [0.15, 0.2) is 18.2 Å². The highest BCUT2D eigenvalue weighted by Crippen LogP contribution is 2.58. The lowest BCUT2D eigenvalue weighted by atomic mass is 9.79. The van der Waals surface area contributed by atoms with Gasteiger partial charge in [-0.3, -0.25) is 4.79 Å². The first-order valence-corrected chi connectivity index (χ1v) is 9.11. The molecule has 1 N–H and O–H groups in total. The van der Waals surface area contributed by atoms with Crippen LogP contribution < -0.4 is 10.1 Å². The molecule has 0 spiro atoms. The van der Waals surface area contributed by atoms with Crippen LogP contribution in [0.5, 0.6) is 5.75 Å². The van der Waals surface area contributed by atoms with E-state index in [1.165, 1.54) is 37.7 Å². The number of hydrogen-bond acceptors (Lipinski definition) is 2. The lowest BCUT2D eigenvalue weighted by Crippen LogP contribution is -2.44. The summed E-state index contributed by atoms with van der Waals surface area (Å²) >= 11 is 0. The van der Waals surface area contributed by atoms with Crippen molar-refractivity contribution in [3.8, 4) is 5.75 Å². The third kappa shape index (κ3) is 2.75. The normalized spacial score (nSPS) is 34.4. The lowest BCUT2D eigenvalue weighted by Gasteiger charge is -2.32. The molecule has 0 saturated heterocycles. The molecule has 5 atom stereocenters. The molecule has 124 valence electrons. The van der Waals surface area contributed by atoms with E-state index in [-0.39, 0.29) is 12.5 Å². The van der Waals surface area contributed by atoms with Crippen LogP contribution in [0.4, 0.5) is 0 Å². The van der Waals surface area contributed by atoms with Gasteiger partial charge < -0.3 is 10.1 Å². The van der Waals surface area contributed by atoms with E-state index in [1.807, 2.05) is 19.1 Å². The number of carbonyl (C=O) groups is 1. The quantitative estimate of drug-likeness (QED) is 0.922. The van der Waals surface area contributed by atoms with E-state index in [0.29, 0.717) is 6.04 Å². The van der Waals surface area contributed by atoms with Crippen LogP contribution >= 0.6 is 0 Å². The van der Waals surface area contributed by atoms with Gasteiger partial charge in [0.1, 0.15) is 5.75 Å². The molecule has 1 aromatic rings. The summed E-state index contributed by atoms with van der Waals surface area (Å²) in [5.74, 6) is 4.32. The summed E-state index contributed by atoms with van der Waals surface area (Å²) < 4.78 is 5.72. The van der Waals surface area contributed by atoms with Gasteiger partial charge in [0.15, 0.2) is 6.61 Å². The largest absolute Gasteiger partial charge is 0.484 e. The van der Waals surface area contributed by atoms with Crippen molar-refractivity contribution in [1.29, 1.82) is 0 Å². The summed E-state index contributed by atoms with van der Waals surface area (Å²) in [6, 6.07) is 6.47. The first-order valence-electron chi connectivity index (χ1n) is 9.11. The fraction of sp³-hybridized carbons (Fsp3) is 0.650. The Balaban J connectivity index is 1.31. The maximum atomic E-state index is 12.3. The SMILES string of the molecule is Cc1ccc(OCC(=O)NC2CC3CC2C2CCCC32)c(C)c1. The van der Waals surface area contributed by atoms with Crippen molar-refractivity contribution in [2.75, 3.05) is 6.61 Å². The zero-order valence-electron chi connectivity index (χ0n) is 14.2. The van der Waals surface area contributed by atoms with Crippen molar-refractivity contribution in [1.82, 2.24) is 5.32 Å². The van der Waals surface area contributed by atoms with Gasteiger partial charge in [-0.1, -0.05) is 24.1 Å². The van der Waals surface area contributed by atoms with Gasteiger partial charge in [0.05, 0.1) is 0 Å². The number of fused-ring (bicyclic) bond motifs is 5. The van der Waals surface area contributed by atoms with Gasteiger partial charge >= 0.3 is 0 Å². The van der Waals surface area contributed by atoms with E-state index < -0.39 is 0 Å². The molecule has 3 aliphatic rings. The first-order chi connectivity index (χ1) is 11.1. The van der Waals surface area contributed by atoms with Gasteiger partial charge in [-0.2, -0.15) is 0 Å². The van der Waals surface area contributed by atoms with Crippen LogP contribution in [-0.4, -0.2) is 18.6 Å². The molecule has 0 radical (unpaired) electrons. The van der Waals surface area contributed by atoms with Crippen LogP contribution in [0.1, 0.15) is 43.2 Å². The predicted molar refractivity (Wildman–Crippen MR) is 90.4 cm³/mol. The number of aryl methyl sites for hydroxylation is 2. The average molecular weight is 313 g/mol. The summed E-state index contributed by atoms with van der Waals surface area (Å²) in [4.78, 5) is 12.3. The minimum absolute atomic E-state index is 0.0390. The van der Waals surface area contributed by atoms with Gasteiger partial charge in [0, 0.05) is 6.04 Å². The zero-order valence-corrected chi connectivity index (χ0v) is 14.2. The molecule has 2 bridgehead atoms. The van der Waals surface area contributed by atoms with E-state index in [2.05, 4.69) is 18.3 Å². The standard InChI is InChI=1S/C20H27NO2/c1-12-6-7-19(13(2)8-12)23-11-20(22)21-18-10-14-9-17(18)16-5-3-4-15(14)16/h6-8,14-18H,3-5,9-11H2,1-2H3,(H,21,22). The summed E-state index contributed by atoms with van der Waals surface area (Å²) in [6.07, 6.45) is 6.76. The number of rotatable bonds is 4. The van der Waals surface area contributed by atoms with Crippen molar-refractivity contribution >= 4 is 5.91 Å². The van der Waals surface area contributed by atoms with Gasteiger partial charge in [-0.15, -0.1) is 0 Å². The predicted octanol–water partition coefficient (Wildman–Crippen LogP) is 3.62. The number of nitrogens with one attached hydrogen (secondary N) is 1. The molecule has 5 unspecified atom stereocenters. The molecule has 3 saturated carbocycles. The summed E-state index contributed by atoms with van der Waals surface area (Å²) in [7, 11) is 0. The molecular formula is C20H27NO2. The van der Waals surface area contributed by atoms with Crippen LogP contribution in [0.3, 0.4) is 0 Å². The molecule has 4 rings (SSSR count). The summed E-state index contributed by atoms with van der Waals surface area (Å²) in [5.41, 5.74) is 2.30. The van der Waals surface area contributed by atoms with Crippen molar-refractivity contribution < 1.29 is 9.53 Å². The maximum Gasteiger partial charge on any atom is 0.258 e. The number of ether oxygens (including phenoxy) is 1. The Labute approximate surface area is 138 Å². The maximum absolute atomic E-state index is 12.3. The zero-order chi connectivity index (χ0) is 16.0. The highest BCUT2D eigenvalue weighted by Gasteiger charge is 2.53. The third-order valence-electron chi connectivity index (χ3n) is 6.46. The second-order valence-electron chi connectivity index (χ2n) is 7.89. The highest BCUT2D eigenvalue weighted by atomic mass is 16.5. The molecule has 1 aromatic carbocycles. The van der Waals surface area contributed by atoms with Gasteiger partial charge in [-0.05, 0) is 74.8 Å². The summed E-state index contributed by atoms with van der Waals surface area (Å²) in [6.45, 7) is 4.22. The molecule has 3 fully saturated rings. The molecule has 3 aliphatic carbocycles. The number of hydrogen-bond donors (Lipinski definition) is 1. The minimum Gasteiger partial charge on any atom is -0.484 e. The van der Waals surface area contributed by atoms with E-state index in [9.17, 15) is 4.79 Å². The Morgan fingerprint density at radius 2 is 2.00 bits per heavy atom. The fourth-order valence-electron chi connectivity index (χ4n) is 5.59. The van der Waals surface area contributed by atoms with E-state index in [4.69, 9.17) is 4.74 Å². The molecule has 23 heavy (non-hydrogen) atoms. The lowest BCUT2D eigenvalue weighted by molar-refractivity contribution is -0.124. The molecule has 0 aliphatic heterocycles. The molecule has 3 heteroatoms. The van der Waals surface area contributed by atoms with Crippen LogP contribution in [0.25, 0.3) is 0 Å². The molecule has 0 heterocycles. The fourth-order valence-corrected chi connectivity index (χ4v) is 5.59. The second kappa shape index (κ2) is 5.85. The van der Waals surface area contributed by atoms with Crippen LogP contribution in [0, 0.1) is 37.5 Å². The second-order valence-corrected chi connectivity index (χ2v) is 7.89. The number of amides is 1. The van der Waals surface area contributed by atoms with Crippen molar-refractivity contribution in [3.63, 3.8) is 0 Å². The molecular weight excluding hydrogens is 286 g/mol. The average Bonchev–Trinajstić information content (AvgIpc) is 3.18. The highest BCUT2D eigenvalue weighted by molar-refractivity contribution is 5.78. The van der Waals surface area contributed by atoms with Crippen molar-refractivity contribution in [2.45, 2.75) is 52.0 Å². The Morgan fingerprint density at radius 3 is 2.83 bits per heavy atom. The smallest absolute Gasteiger partial charge is 0.258 e. The number of benzene rings is 1. The monoisotopic (exact) mass is 313 g/mol. The van der Waals surface area contributed by atoms with E-state index in [0.717, 1.165) is 35.0 Å². The van der Waals surface area contributed by atoms with Gasteiger partial charge in [0.2, 0.25) is 0 Å². The Bertz CT molecular complexity index is 612. The Morgan fingerprint density at radius 1 is 1.17 bits per heavy atom. The Kier molecular flexibility index (Phi) is 3.82. The molecule has 0 aromatic heterocycles. The Hall–Kier alpha value is -1.51. The van der Waals surface area contributed by atoms with Crippen molar-refractivity contribution in [3.05, 3.63) is 29.3 Å². The van der Waals surface area contributed by atoms with Crippen LogP contribution in [0.2, 0.25) is 0 Å². The van der Waals surface area contributed by atoms with Gasteiger partial charge in [-0.25, -0.2) is 0 Å². The van der Waals surface area contributed by atoms with E-state index in [1.54, 1.807) is 0 Å². The first kappa shape index (κ1) is 15.0. The topological polar surface area (TPSA) is 38.3 Å². The van der Waals surface area contributed by atoms with Crippen molar-refractivity contribution in [2.24, 2.45) is 23.7 Å². The van der Waals surface area contributed by atoms with E-state index >= 15 is 0 Å². The summed E-state index contributed by atoms with van der Waals surface area (Å²) in [5, 5.41) is 3.26. The minimum atomic E-state index is 0.0390. The molecule has 3 nitrogen and oxygen atoms in total. The third-order valence-corrected chi connectivity index (χ3v) is 6.46. The van der Waals surface area contributed by atoms with Crippen LogP contribution in [-0.2, 0) is 4.79 Å².